The predicted octanol–water partition coefficient (Wildman–Crippen LogP) is 4.38. The Morgan fingerprint density at radius 1 is 1.00 bits per heavy atom. The molecule has 1 aromatic rings. The standard InChI is InChI=1S/C7H2Cl6O6S2/c8-3-1-2(4(9)6(11)5(3)10)7(12)19(20(13,14)15)21(16,17)18/h1,7H/p+1. The highest BCUT2D eigenvalue weighted by Crippen LogP contribution is 2.45. The van der Waals surface area contributed by atoms with Gasteiger partial charge in [0, 0.05) is 0 Å². The second-order valence-corrected chi connectivity index (χ2v) is 8.93. The van der Waals surface area contributed by atoms with Crippen molar-refractivity contribution in [2.45, 2.75) is 5.56 Å². The van der Waals surface area contributed by atoms with E-state index in [2.05, 4.69) is 0 Å². The van der Waals surface area contributed by atoms with Crippen molar-refractivity contribution in [1.82, 2.24) is 0 Å². The van der Waals surface area contributed by atoms with Crippen molar-refractivity contribution in [2.24, 2.45) is 0 Å². The van der Waals surface area contributed by atoms with Gasteiger partial charge in [-0.15, -0.1) is 20.1 Å². The van der Waals surface area contributed by atoms with E-state index in [1.165, 1.54) is 0 Å². The Hall–Kier alpha value is 0.780. The van der Waals surface area contributed by atoms with Gasteiger partial charge in [0.2, 0.25) is 0 Å². The highest BCUT2D eigenvalue weighted by Gasteiger charge is 2.47. The zero-order chi connectivity index (χ0) is 16.7. The molecule has 0 fully saturated rings. The molecule has 6 nitrogen and oxygen atoms in total. The van der Waals surface area contributed by atoms with E-state index in [0.717, 1.165) is 6.07 Å². The first-order valence-electron chi connectivity index (χ1n) is 4.41. The second-order valence-electron chi connectivity index (χ2n) is 3.29. The molecule has 0 bridgehead atoms. The molecule has 1 aromatic carbocycles. The molecule has 0 heterocycles. The fourth-order valence-electron chi connectivity index (χ4n) is 1.17. The average Bonchev–Trinajstić information content (AvgIpc) is 2.27. The molecule has 1 atom stereocenters. The molecule has 120 valence electrons. The maximum Gasteiger partial charge on any atom is 0.547 e. The lowest BCUT2D eigenvalue weighted by molar-refractivity contribution is 0.145. The van der Waals surface area contributed by atoms with Crippen LogP contribution in [0.25, 0.3) is 0 Å². The first-order valence-corrected chi connectivity index (χ1v) is 9.96. The molecule has 0 amide bonds. The summed E-state index contributed by atoms with van der Waals surface area (Å²) in [6.07, 6.45) is 0. The number of benzene rings is 1. The van der Waals surface area contributed by atoms with Crippen molar-refractivity contribution in [3.8, 4) is 0 Å². The highest BCUT2D eigenvalue weighted by molar-refractivity contribution is 8.14. The zero-order valence-electron chi connectivity index (χ0n) is 9.23. The second kappa shape index (κ2) is 6.72. The molecule has 0 aliphatic rings. The average molecular weight is 460 g/mol. The van der Waals surface area contributed by atoms with Crippen LogP contribution in [-0.4, -0.2) is 21.4 Å². The third-order valence-corrected chi connectivity index (χ3v) is 7.22. The lowest BCUT2D eigenvalue weighted by Crippen LogP contribution is -2.27. The van der Waals surface area contributed by atoms with Crippen LogP contribution in [0.2, 0.25) is 20.1 Å². The van der Waals surface area contributed by atoms with E-state index in [1.54, 1.807) is 0 Å². The van der Waals surface area contributed by atoms with E-state index in [0.29, 0.717) is 3.26 Å². The van der Waals surface area contributed by atoms with Crippen molar-refractivity contribution >= 4 is 88.4 Å². The van der Waals surface area contributed by atoms with Gasteiger partial charge in [-0.2, -0.15) is 0 Å². The summed E-state index contributed by atoms with van der Waals surface area (Å²) in [5.41, 5.74) is -2.51. The van der Waals surface area contributed by atoms with Crippen LogP contribution in [0.5, 0.6) is 0 Å². The number of hydrogen-bond donors (Lipinski definition) is 1. The predicted molar refractivity (Wildman–Crippen MR) is 82.5 cm³/mol. The van der Waals surface area contributed by atoms with Crippen LogP contribution in [0.4, 0.5) is 0 Å². The van der Waals surface area contributed by atoms with Crippen LogP contribution in [0, 0.1) is 0 Å². The number of alkyl halides is 1. The molecule has 1 unspecified atom stereocenters. The Balaban J connectivity index is 3.60. The van der Waals surface area contributed by atoms with E-state index >= 15 is 0 Å². The summed E-state index contributed by atoms with van der Waals surface area (Å²) in [6, 6.07) is 0.961. The van der Waals surface area contributed by atoms with Crippen LogP contribution < -0.4 is 0 Å². The first kappa shape index (κ1) is 19.8. The van der Waals surface area contributed by atoms with E-state index in [1.807, 2.05) is 0 Å². The molecule has 1 N–H and O–H groups in total. The Bertz CT molecular complexity index is 743. The topological polar surface area (TPSA) is 91.2 Å². The molecular weight excluding hydrogens is 457 g/mol. The normalized spacial score (nSPS) is 14.5. The summed E-state index contributed by atoms with van der Waals surface area (Å²) in [5.74, 6) is 0. The molecule has 0 saturated carbocycles. The molecule has 0 aliphatic carbocycles. The first-order chi connectivity index (χ1) is 9.28. The van der Waals surface area contributed by atoms with Crippen molar-refractivity contribution in [3.05, 3.63) is 31.7 Å². The molecule has 0 radical (unpaired) electrons. The minimum Gasteiger partial charge on any atom is -0.222 e. The number of halogens is 6. The van der Waals surface area contributed by atoms with Gasteiger partial charge in [-0.1, -0.05) is 46.4 Å². The lowest BCUT2D eigenvalue weighted by Gasteiger charge is -2.17. The molecule has 14 heteroatoms. The van der Waals surface area contributed by atoms with Crippen LogP contribution >= 0.6 is 68.7 Å². The third-order valence-electron chi connectivity index (χ3n) is 1.95. The molecule has 21 heavy (non-hydrogen) atoms. The zero-order valence-corrected chi connectivity index (χ0v) is 15.4. The van der Waals surface area contributed by atoms with Crippen molar-refractivity contribution in [1.29, 1.82) is 0 Å². The fourth-order valence-corrected chi connectivity index (χ4v) is 5.24. The van der Waals surface area contributed by atoms with Crippen molar-refractivity contribution < 1.29 is 24.6 Å². The van der Waals surface area contributed by atoms with Gasteiger partial charge in [-0.05, 0) is 17.7 Å². The van der Waals surface area contributed by atoms with Crippen LogP contribution in [0.15, 0.2) is 6.07 Å². The minimum atomic E-state index is -5.40. The van der Waals surface area contributed by atoms with Crippen LogP contribution in [0.3, 0.4) is 0 Å². The van der Waals surface area contributed by atoms with Gasteiger partial charge in [-0.3, -0.25) is 0 Å². The van der Waals surface area contributed by atoms with Gasteiger partial charge in [0.25, 0.3) is 5.56 Å². The fraction of sp³-hybridized carbons (Fsp3) is 0.143. The monoisotopic (exact) mass is 457 g/mol. The maximum absolute atomic E-state index is 11.2. The van der Waals surface area contributed by atoms with E-state index in [9.17, 15) is 16.8 Å². The van der Waals surface area contributed by atoms with Crippen LogP contribution in [0.1, 0.15) is 11.1 Å². The SMILES string of the molecule is O=S(=O)(O)[O+](C(Cl)c1cc(Cl)c(Cl)c(Cl)c1Cl)S(=O)(=O)Cl. The van der Waals surface area contributed by atoms with Gasteiger partial charge < -0.3 is 0 Å². The summed E-state index contributed by atoms with van der Waals surface area (Å²) >= 11 is 28.6. The molecule has 0 aliphatic heterocycles. The minimum absolute atomic E-state index is 0.159. The lowest BCUT2D eigenvalue weighted by atomic mass is 10.2. The summed E-state index contributed by atoms with van der Waals surface area (Å²) < 4.78 is 54.0. The quantitative estimate of drug-likeness (QED) is 0.180. The highest BCUT2D eigenvalue weighted by atomic mass is 35.7. The van der Waals surface area contributed by atoms with E-state index in [-0.39, 0.29) is 25.7 Å². The molecule has 0 aromatic heterocycles. The molecule has 1 rings (SSSR count). The van der Waals surface area contributed by atoms with Crippen LogP contribution in [-0.2, 0) is 23.0 Å². The Kier molecular flexibility index (Phi) is 6.35. The molecule has 0 spiro atoms. The Labute approximate surface area is 149 Å². The number of hydrogen-bond acceptors (Lipinski definition) is 4. The van der Waals surface area contributed by atoms with Crippen molar-refractivity contribution in [3.63, 3.8) is 0 Å². The van der Waals surface area contributed by atoms with Crippen molar-refractivity contribution in [2.75, 3.05) is 0 Å². The van der Waals surface area contributed by atoms with Gasteiger partial charge in [-0.25, -0.2) is 4.55 Å². The summed E-state index contributed by atoms with van der Waals surface area (Å²) in [6.45, 7) is 0. The van der Waals surface area contributed by atoms with E-state index < -0.39 is 25.3 Å². The summed E-state index contributed by atoms with van der Waals surface area (Å²) in [7, 11) is -5.56. The number of rotatable bonds is 4. The Morgan fingerprint density at radius 3 is 1.86 bits per heavy atom. The summed E-state index contributed by atoms with van der Waals surface area (Å²) in [4.78, 5) is 0. The Morgan fingerprint density at radius 2 is 1.48 bits per heavy atom. The smallest absolute Gasteiger partial charge is 0.222 e. The summed E-state index contributed by atoms with van der Waals surface area (Å²) in [5, 5.41) is -1.02. The molecule has 0 saturated heterocycles. The van der Waals surface area contributed by atoms with Gasteiger partial charge in [0.1, 0.15) is 10.7 Å². The van der Waals surface area contributed by atoms with Gasteiger partial charge >= 0.3 is 19.7 Å². The maximum atomic E-state index is 11.2. The molecular formula is C7H3Cl6O6S2+. The largest absolute Gasteiger partial charge is 0.547 e. The third kappa shape index (κ3) is 4.41. The van der Waals surface area contributed by atoms with E-state index in [4.69, 9.17) is 73.2 Å². The van der Waals surface area contributed by atoms with Gasteiger partial charge in [0.05, 0.1) is 25.7 Å². The van der Waals surface area contributed by atoms with Gasteiger partial charge in [0.15, 0.2) is 0 Å².